The number of anilines is 2. The Bertz CT molecular complexity index is 1130. The van der Waals surface area contributed by atoms with Crippen LogP contribution in [0.3, 0.4) is 0 Å². The van der Waals surface area contributed by atoms with Crippen molar-refractivity contribution in [1.29, 1.82) is 0 Å². The van der Waals surface area contributed by atoms with Crippen LogP contribution in [-0.2, 0) is 16.9 Å². The zero-order chi connectivity index (χ0) is 22.9. The molecule has 1 saturated carbocycles. The van der Waals surface area contributed by atoms with Gasteiger partial charge in [0.2, 0.25) is 0 Å². The van der Waals surface area contributed by atoms with Gasteiger partial charge in [0.25, 0.3) is 0 Å². The summed E-state index contributed by atoms with van der Waals surface area (Å²) < 4.78 is 52.2. The number of carbonyl (C=O) groups is 1. The number of aromatic nitrogens is 2. The van der Waals surface area contributed by atoms with E-state index in [9.17, 15) is 27.5 Å². The summed E-state index contributed by atoms with van der Waals surface area (Å²) in [6.45, 7) is 0. The number of halogens is 4. The molecule has 4 rings (SSSR count). The van der Waals surface area contributed by atoms with E-state index >= 15 is 0 Å². The molecule has 1 aliphatic rings. The average Bonchev–Trinajstić information content (AvgIpc) is 3.40. The molecule has 6 nitrogen and oxygen atoms in total. The highest BCUT2D eigenvalue weighted by Crippen LogP contribution is 2.42. The molecule has 2 aromatic heterocycles. The normalized spacial score (nSPS) is 15.5. The second kappa shape index (κ2) is 8.47. The molecule has 2 amide bonds. The standard InChI is InChI=1S/C21H17F4N4O2S/c22-14-5-4-13(21(23,24)25)9-15(14)28-19(30)29-17-6-3-12(10-26-17)16-11-27-18(32-16)20(31)7-1-2-8-20/h3-6,9-11H,1-2,7-8H2,(H2,26,28,29,30). The molecule has 3 aromatic rings. The molecule has 2 heterocycles. The van der Waals surface area contributed by atoms with Crippen molar-refractivity contribution >= 4 is 28.9 Å². The smallest absolute Gasteiger partial charge is 0.305 e. The fourth-order valence-corrected chi connectivity index (χ4v) is 4.51. The lowest BCUT2D eigenvalue weighted by molar-refractivity contribution is -0.137. The third kappa shape index (κ3) is 4.73. The molecular weight excluding hydrogens is 448 g/mol. The SMILES string of the molecule is [O]C1(c2ncc(-c3ccc(NC(=O)Nc4cc(C(F)(F)F)ccc4F)nc3)s2)CCCC1. The number of amides is 2. The van der Waals surface area contributed by atoms with Gasteiger partial charge in [-0.3, -0.25) is 5.32 Å². The first-order valence-electron chi connectivity index (χ1n) is 9.72. The van der Waals surface area contributed by atoms with Gasteiger partial charge in [0.15, 0.2) is 5.60 Å². The maximum absolute atomic E-state index is 13.8. The molecule has 32 heavy (non-hydrogen) atoms. The molecule has 0 spiro atoms. The molecule has 167 valence electrons. The van der Waals surface area contributed by atoms with E-state index in [0.717, 1.165) is 17.7 Å². The molecule has 0 aliphatic heterocycles. The number of pyridine rings is 1. The van der Waals surface area contributed by atoms with Gasteiger partial charge in [0, 0.05) is 18.0 Å². The summed E-state index contributed by atoms with van der Waals surface area (Å²) >= 11 is 1.31. The number of urea groups is 1. The summed E-state index contributed by atoms with van der Waals surface area (Å²) in [6, 6.07) is 3.94. The van der Waals surface area contributed by atoms with Crippen LogP contribution in [0.25, 0.3) is 10.4 Å². The minimum absolute atomic E-state index is 0.111. The minimum atomic E-state index is -4.67. The Labute approximate surface area is 184 Å². The van der Waals surface area contributed by atoms with Crippen LogP contribution in [0.1, 0.15) is 36.3 Å². The minimum Gasteiger partial charge on any atom is -0.305 e. The molecule has 0 unspecified atom stereocenters. The third-order valence-corrected chi connectivity index (χ3v) is 6.37. The van der Waals surface area contributed by atoms with Crippen LogP contribution in [-0.4, -0.2) is 16.0 Å². The predicted molar refractivity (Wildman–Crippen MR) is 110 cm³/mol. The number of hydrogen-bond donors (Lipinski definition) is 2. The van der Waals surface area contributed by atoms with Crippen molar-refractivity contribution in [3.05, 3.63) is 59.1 Å². The fraction of sp³-hybridized carbons (Fsp3) is 0.286. The van der Waals surface area contributed by atoms with E-state index in [2.05, 4.69) is 15.3 Å². The highest BCUT2D eigenvalue weighted by Gasteiger charge is 2.38. The van der Waals surface area contributed by atoms with Gasteiger partial charge in [-0.05, 0) is 56.0 Å². The summed E-state index contributed by atoms with van der Waals surface area (Å²) in [6.07, 6.45) is 1.36. The molecule has 1 aromatic carbocycles. The average molecular weight is 465 g/mol. The zero-order valence-electron chi connectivity index (χ0n) is 16.5. The van der Waals surface area contributed by atoms with E-state index in [1.54, 1.807) is 12.3 Å². The molecule has 0 saturated heterocycles. The molecule has 11 heteroatoms. The summed E-state index contributed by atoms with van der Waals surface area (Å²) in [5.41, 5.74) is -2.12. The van der Waals surface area contributed by atoms with Crippen LogP contribution in [0.4, 0.5) is 33.9 Å². The number of nitrogens with zero attached hydrogens (tertiary/aromatic N) is 2. The lowest BCUT2D eigenvalue weighted by Crippen LogP contribution is -2.21. The van der Waals surface area contributed by atoms with E-state index < -0.39 is 34.9 Å². The Morgan fingerprint density at radius 1 is 1.03 bits per heavy atom. The Morgan fingerprint density at radius 3 is 2.44 bits per heavy atom. The van der Waals surface area contributed by atoms with Gasteiger partial charge >= 0.3 is 12.2 Å². The Balaban J connectivity index is 1.42. The second-order valence-electron chi connectivity index (χ2n) is 7.43. The van der Waals surface area contributed by atoms with Crippen molar-refractivity contribution in [2.24, 2.45) is 0 Å². The first-order valence-corrected chi connectivity index (χ1v) is 10.5. The number of alkyl halides is 3. The topological polar surface area (TPSA) is 86.8 Å². The van der Waals surface area contributed by atoms with E-state index in [-0.39, 0.29) is 5.82 Å². The molecule has 1 aliphatic carbocycles. The van der Waals surface area contributed by atoms with Gasteiger partial charge in [-0.1, -0.05) is 0 Å². The number of benzene rings is 1. The van der Waals surface area contributed by atoms with Crippen LogP contribution in [0.2, 0.25) is 0 Å². The summed E-state index contributed by atoms with van der Waals surface area (Å²) in [4.78, 5) is 21.2. The number of carbonyl (C=O) groups excluding carboxylic acids is 1. The van der Waals surface area contributed by atoms with Crippen molar-refractivity contribution in [2.75, 3.05) is 10.6 Å². The van der Waals surface area contributed by atoms with Crippen LogP contribution in [0, 0.1) is 5.82 Å². The monoisotopic (exact) mass is 465 g/mol. The quantitative estimate of drug-likeness (QED) is 0.449. The Hall–Kier alpha value is -3.05. The van der Waals surface area contributed by atoms with Crippen LogP contribution in [0.5, 0.6) is 0 Å². The van der Waals surface area contributed by atoms with E-state index in [0.29, 0.717) is 41.6 Å². The number of thiazole rings is 1. The maximum Gasteiger partial charge on any atom is 0.416 e. The van der Waals surface area contributed by atoms with Gasteiger partial charge in [-0.15, -0.1) is 11.3 Å². The number of hydrogen-bond acceptors (Lipinski definition) is 4. The molecule has 1 fully saturated rings. The van der Waals surface area contributed by atoms with E-state index in [1.165, 1.54) is 23.6 Å². The van der Waals surface area contributed by atoms with E-state index in [4.69, 9.17) is 0 Å². The molecular formula is C21H17F4N4O2S. The highest BCUT2D eigenvalue weighted by molar-refractivity contribution is 7.15. The van der Waals surface area contributed by atoms with Gasteiger partial charge in [0.1, 0.15) is 16.6 Å². The molecule has 1 radical (unpaired) electrons. The molecule has 0 bridgehead atoms. The number of nitrogens with one attached hydrogen (secondary N) is 2. The first-order chi connectivity index (χ1) is 15.1. The summed E-state index contributed by atoms with van der Waals surface area (Å²) in [5, 5.41) is 17.7. The van der Waals surface area contributed by atoms with Gasteiger partial charge in [-0.25, -0.2) is 24.3 Å². The predicted octanol–water partition coefficient (Wildman–Crippen LogP) is 6.21. The van der Waals surface area contributed by atoms with Gasteiger partial charge in [0.05, 0.1) is 16.1 Å². The largest absolute Gasteiger partial charge is 0.416 e. The van der Waals surface area contributed by atoms with E-state index in [1.807, 2.05) is 5.32 Å². The third-order valence-electron chi connectivity index (χ3n) is 5.14. The van der Waals surface area contributed by atoms with Crippen LogP contribution in [0.15, 0.2) is 42.7 Å². The van der Waals surface area contributed by atoms with Gasteiger partial charge < -0.3 is 5.32 Å². The lowest BCUT2D eigenvalue weighted by atomic mass is 10.0. The second-order valence-corrected chi connectivity index (χ2v) is 8.47. The van der Waals surface area contributed by atoms with Crippen molar-refractivity contribution in [1.82, 2.24) is 9.97 Å². The lowest BCUT2D eigenvalue weighted by Gasteiger charge is -2.14. The first kappa shape index (κ1) is 22.2. The van der Waals surface area contributed by atoms with Crippen molar-refractivity contribution in [3.8, 4) is 10.4 Å². The van der Waals surface area contributed by atoms with Crippen molar-refractivity contribution in [3.63, 3.8) is 0 Å². The number of rotatable bonds is 4. The van der Waals surface area contributed by atoms with Crippen LogP contribution >= 0.6 is 11.3 Å². The summed E-state index contributed by atoms with van der Waals surface area (Å²) in [5.74, 6) is -0.893. The van der Waals surface area contributed by atoms with Crippen LogP contribution < -0.4 is 10.6 Å². The van der Waals surface area contributed by atoms with Gasteiger partial charge in [-0.2, -0.15) is 13.2 Å². The van der Waals surface area contributed by atoms with Crippen molar-refractivity contribution < 1.29 is 27.5 Å². The fourth-order valence-electron chi connectivity index (χ4n) is 3.46. The highest BCUT2D eigenvalue weighted by atomic mass is 32.1. The maximum atomic E-state index is 13.8. The Morgan fingerprint density at radius 2 is 1.78 bits per heavy atom. The summed E-state index contributed by atoms with van der Waals surface area (Å²) in [7, 11) is 0. The molecule has 0 atom stereocenters. The van der Waals surface area contributed by atoms with Crippen molar-refractivity contribution in [2.45, 2.75) is 37.5 Å². The Kier molecular flexibility index (Phi) is 5.87. The molecule has 2 N–H and O–H groups in total. The zero-order valence-corrected chi connectivity index (χ0v) is 17.3.